The highest BCUT2D eigenvalue weighted by atomic mass is 32.2. The Morgan fingerprint density at radius 1 is 1.25 bits per heavy atom. The van der Waals surface area contributed by atoms with E-state index in [1.807, 2.05) is 12.2 Å². The number of Topliss-reactive ketones (excluding diaryl/α,β-unsaturated/α-hetero) is 1. The van der Waals surface area contributed by atoms with Crippen LogP contribution in [0, 0.1) is 11.7 Å². The van der Waals surface area contributed by atoms with E-state index in [9.17, 15) is 24.2 Å². The Morgan fingerprint density at radius 2 is 1.97 bits per heavy atom. The van der Waals surface area contributed by atoms with Crippen molar-refractivity contribution in [3.05, 3.63) is 47.8 Å². The third kappa shape index (κ3) is 8.34. The maximum absolute atomic E-state index is 13.3. The standard InChI is InChI=1S/C25H35FO5S/c1-2-3-8-19(17-11-13-18(26)14-12-17)23(29)16-32-25-20(21(27)15-22(25)28)9-6-4-5-7-10-24(30)31/h4,6,11-14,19-20,22-23,25,28-29H,2-3,5,7-10,15-16H2,1H3,(H,30,31)/t19?,20-,22?,23?,25+/m0/s1. The van der Waals surface area contributed by atoms with Gasteiger partial charge in [0.25, 0.3) is 0 Å². The van der Waals surface area contributed by atoms with Crippen molar-refractivity contribution in [2.45, 2.75) is 81.7 Å². The molecule has 3 N–H and O–H groups in total. The highest BCUT2D eigenvalue weighted by molar-refractivity contribution is 8.00. The third-order valence-electron chi connectivity index (χ3n) is 6.01. The van der Waals surface area contributed by atoms with Crippen LogP contribution in [0.4, 0.5) is 4.39 Å². The number of unbranched alkanes of at least 4 members (excludes halogenated alkanes) is 2. The summed E-state index contributed by atoms with van der Waals surface area (Å²) < 4.78 is 13.3. The van der Waals surface area contributed by atoms with Crippen molar-refractivity contribution in [3.63, 3.8) is 0 Å². The molecule has 0 heterocycles. The van der Waals surface area contributed by atoms with Gasteiger partial charge in [-0.25, -0.2) is 4.39 Å². The fourth-order valence-corrected chi connectivity index (χ4v) is 5.66. The number of benzene rings is 1. The van der Waals surface area contributed by atoms with Crippen LogP contribution in [0.2, 0.25) is 0 Å². The van der Waals surface area contributed by atoms with Crippen molar-refractivity contribution in [2.24, 2.45) is 5.92 Å². The lowest BCUT2D eigenvalue weighted by Crippen LogP contribution is -2.28. The van der Waals surface area contributed by atoms with Gasteiger partial charge < -0.3 is 15.3 Å². The number of hydrogen-bond donors (Lipinski definition) is 3. The summed E-state index contributed by atoms with van der Waals surface area (Å²) >= 11 is 1.44. The van der Waals surface area contributed by atoms with Gasteiger partial charge in [0, 0.05) is 35.7 Å². The summed E-state index contributed by atoms with van der Waals surface area (Å²) in [5.74, 6) is -1.14. The van der Waals surface area contributed by atoms with Gasteiger partial charge in [-0.2, -0.15) is 11.8 Å². The van der Waals surface area contributed by atoms with Gasteiger partial charge in [0.15, 0.2) is 0 Å². The summed E-state index contributed by atoms with van der Waals surface area (Å²) in [5.41, 5.74) is 0.900. The second-order valence-electron chi connectivity index (χ2n) is 8.50. The molecule has 0 amide bonds. The Kier molecular flexibility index (Phi) is 11.4. The molecule has 0 aliphatic heterocycles. The molecular formula is C25H35FO5S. The molecule has 0 radical (unpaired) electrons. The number of rotatable bonds is 14. The van der Waals surface area contributed by atoms with E-state index in [-0.39, 0.29) is 41.5 Å². The molecule has 32 heavy (non-hydrogen) atoms. The van der Waals surface area contributed by atoms with Gasteiger partial charge in [-0.05, 0) is 43.4 Å². The van der Waals surface area contributed by atoms with E-state index in [0.717, 1.165) is 24.8 Å². The molecule has 0 spiro atoms. The molecule has 1 aliphatic carbocycles. The number of thioether (sulfide) groups is 1. The average Bonchev–Trinajstić information content (AvgIpc) is 3.02. The number of halogens is 1. The first-order chi connectivity index (χ1) is 15.3. The van der Waals surface area contributed by atoms with Crippen LogP contribution in [0.25, 0.3) is 0 Å². The van der Waals surface area contributed by atoms with Crippen molar-refractivity contribution in [3.8, 4) is 0 Å². The predicted molar refractivity (Wildman–Crippen MR) is 125 cm³/mol. The largest absolute Gasteiger partial charge is 0.481 e. The van der Waals surface area contributed by atoms with Crippen LogP contribution in [-0.4, -0.2) is 50.3 Å². The van der Waals surface area contributed by atoms with Crippen LogP contribution in [-0.2, 0) is 9.59 Å². The quantitative estimate of drug-likeness (QED) is 0.271. The summed E-state index contributed by atoms with van der Waals surface area (Å²) in [7, 11) is 0. The van der Waals surface area contributed by atoms with Crippen molar-refractivity contribution in [2.75, 3.05) is 5.75 Å². The van der Waals surface area contributed by atoms with Gasteiger partial charge in [-0.3, -0.25) is 9.59 Å². The molecule has 1 aromatic rings. The van der Waals surface area contributed by atoms with Gasteiger partial charge in [-0.1, -0.05) is 44.1 Å². The molecule has 5 atom stereocenters. The summed E-state index contributed by atoms with van der Waals surface area (Å²) in [6.45, 7) is 2.09. The smallest absolute Gasteiger partial charge is 0.303 e. The number of hydrogen-bond acceptors (Lipinski definition) is 5. The summed E-state index contributed by atoms with van der Waals surface area (Å²) in [6, 6.07) is 6.25. The Hall–Kier alpha value is -1.70. The van der Waals surface area contributed by atoms with E-state index in [4.69, 9.17) is 5.11 Å². The molecule has 0 saturated heterocycles. The monoisotopic (exact) mass is 466 g/mol. The van der Waals surface area contributed by atoms with Crippen LogP contribution in [0.3, 0.4) is 0 Å². The van der Waals surface area contributed by atoms with E-state index in [0.29, 0.717) is 25.0 Å². The van der Waals surface area contributed by atoms with E-state index < -0.39 is 18.2 Å². The Bertz CT molecular complexity index is 751. The molecule has 0 bridgehead atoms. The number of carboxylic acids is 1. The Labute approximate surface area is 194 Å². The van der Waals surface area contributed by atoms with Crippen molar-refractivity contribution >= 4 is 23.5 Å². The predicted octanol–water partition coefficient (Wildman–Crippen LogP) is 4.71. The molecule has 1 fully saturated rings. The lowest BCUT2D eigenvalue weighted by Gasteiger charge is -2.26. The van der Waals surface area contributed by atoms with Gasteiger partial charge >= 0.3 is 5.97 Å². The number of aliphatic carboxylic acids is 1. The first-order valence-corrected chi connectivity index (χ1v) is 12.5. The van der Waals surface area contributed by atoms with Crippen molar-refractivity contribution in [1.82, 2.24) is 0 Å². The first kappa shape index (κ1) is 26.6. The maximum Gasteiger partial charge on any atom is 0.303 e. The molecule has 5 nitrogen and oxygen atoms in total. The molecule has 7 heteroatoms. The summed E-state index contributed by atoms with van der Waals surface area (Å²) in [6.07, 6.45) is 7.09. The summed E-state index contributed by atoms with van der Waals surface area (Å²) in [4.78, 5) is 23.0. The number of carboxylic acid groups (broad SMARTS) is 1. The number of aliphatic hydroxyl groups excluding tert-OH is 2. The fourth-order valence-electron chi connectivity index (χ4n) is 4.19. The summed E-state index contributed by atoms with van der Waals surface area (Å²) in [5, 5.41) is 29.8. The minimum atomic E-state index is -0.819. The molecule has 1 aromatic carbocycles. The number of ketones is 1. The molecule has 3 unspecified atom stereocenters. The van der Waals surface area contributed by atoms with Crippen LogP contribution in [0.5, 0.6) is 0 Å². The van der Waals surface area contributed by atoms with Gasteiger partial charge in [-0.15, -0.1) is 0 Å². The van der Waals surface area contributed by atoms with Crippen LogP contribution < -0.4 is 0 Å². The van der Waals surface area contributed by atoms with E-state index in [2.05, 4.69) is 6.92 Å². The average molecular weight is 467 g/mol. The van der Waals surface area contributed by atoms with E-state index >= 15 is 0 Å². The number of carbonyl (C=O) groups is 2. The number of aliphatic hydroxyl groups is 2. The third-order valence-corrected chi connectivity index (χ3v) is 7.57. The Balaban J connectivity index is 1.95. The van der Waals surface area contributed by atoms with Crippen molar-refractivity contribution in [1.29, 1.82) is 0 Å². The second kappa shape index (κ2) is 13.8. The van der Waals surface area contributed by atoms with E-state index in [1.54, 1.807) is 12.1 Å². The lowest BCUT2D eigenvalue weighted by atomic mass is 9.89. The van der Waals surface area contributed by atoms with Crippen LogP contribution in [0.15, 0.2) is 36.4 Å². The Morgan fingerprint density at radius 3 is 2.62 bits per heavy atom. The van der Waals surface area contributed by atoms with Gasteiger partial charge in [0.2, 0.25) is 0 Å². The minimum absolute atomic E-state index is 0.0285. The fraction of sp³-hybridized carbons (Fsp3) is 0.600. The van der Waals surface area contributed by atoms with Crippen molar-refractivity contribution < 1.29 is 29.3 Å². The zero-order valence-electron chi connectivity index (χ0n) is 18.7. The molecule has 0 aromatic heterocycles. The van der Waals surface area contributed by atoms with E-state index in [1.165, 1.54) is 23.9 Å². The maximum atomic E-state index is 13.3. The zero-order chi connectivity index (χ0) is 23.5. The molecule has 2 rings (SSSR count). The molecule has 178 valence electrons. The highest BCUT2D eigenvalue weighted by Crippen LogP contribution is 2.37. The van der Waals surface area contributed by atoms with Gasteiger partial charge in [0.1, 0.15) is 11.6 Å². The SMILES string of the molecule is CCCCC(c1ccc(F)cc1)C(O)CS[C@H]1C(O)CC(=O)[C@@H]1CC=CCCCC(=O)O. The molecule has 1 aliphatic rings. The second-order valence-corrected chi connectivity index (χ2v) is 9.71. The zero-order valence-corrected chi connectivity index (χ0v) is 19.5. The normalized spacial score (nSPS) is 23.0. The van der Waals surface area contributed by atoms with Crippen LogP contribution >= 0.6 is 11.8 Å². The van der Waals surface area contributed by atoms with Gasteiger partial charge in [0.05, 0.1) is 12.2 Å². The molecule has 1 saturated carbocycles. The highest BCUT2D eigenvalue weighted by Gasteiger charge is 2.41. The molecular weight excluding hydrogens is 431 g/mol. The topological polar surface area (TPSA) is 94.8 Å². The first-order valence-electron chi connectivity index (χ1n) is 11.5. The number of allylic oxidation sites excluding steroid dienone is 2. The minimum Gasteiger partial charge on any atom is -0.481 e. The van der Waals surface area contributed by atoms with Crippen LogP contribution in [0.1, 0.15) is 69.8 Å². The number of carbonyl (C=O) groups excluding carboxylic acids is 1. The lowest BCUT2D eigenvalue weighted by molar-refractivity contribution is -0.137.